The van der Waals surface area contributed by atoms with Crippen molar-refractivity contribution < 1.29 is 4.52 Å². The summed E-state index contributed by atoms with van der Waals surface area (Å²) < 4.78 is 5.13. The van der Waals surface area contributed by atoms with Crippen molar-refractivity contribution in [2.24, 2.45) is 5.73 Å². The molecule has 0 saturated heterocycles. The first kappa shape index (κ1) is 9.21. The minimum absolute atomic E-state index is 0.188. The molecule has 0 fully saturated rings. The molecule has 1 aromatic heterocycles. The van der Waals surface area contributed by atoms with Crippen LogP contribution in [0.25, 0.3) is 11.0 Å². The van der Waals surface area contributed by atoms with Crippen molar-refractivity contribution in [3.63, 3.8) is 0 Å². The summed E-state index contributed by atoms with van der Waals surface area (Å²) in [6, 6.07) is 6.28. The predicted molar refractivity (Wildman–Crippen MR) is 56.1 cm³/mol. The van der Waals surface area contributed by atoms with Gasteiger partial charge >= 0.3 is 0 Å². The maximum Gasteiger partial charge on any atom is 0.167 e. The van der Waals surface area contributed by atoms with E-state index in [0.717, 1.165) is 23.1 Å². The van der Waals surface area contributed by atoms with E-state index in [0.29, 0.717) is 0 Å². The highest BCUT2D eigenvalue weighted by Gasteiger charge is 2.05. The molecular weight excluding hydrogens is 176 g/mol. The Labute approximate surface area is 82.9 Å². The summed E-state index contributed by atoms with van der Waals surface area (Å²) in [6.45, 7) is 3.95. The van der Waals surface area contributed by atoms with Crippen LogP contribution < -0.4 is 5.73 Å². The molecule has 2 aromatic rings. The van der Waals surface area contributed by atoms with E-state index < -0.39 is 0 Å². The molecule has 0 aliphatic rings. The highest BCUT2D eigenvalue weighted by atomic mass is 16.5. The second kappa shape index (κ2) is 3.42. The summed E-state index contributed by atoms with van der Waals surface area (Å²) in [5.41, 5.74) is 8.76. The fourth-order valence-corrected chi connectivity index (χ4v) is 1.61. The molecule has 2 rings (SSSR count). The summed E-state index contributed by atoms with van der Waals surface area (Å²) in [5, 5.41) is 5.00. The van der Waals surface area contributed by atoms with E-state index >= 15 is 0 Å². The van der Waals surface area contributed by atoms with Crippen molar-refractivity contribution in [3.8, 4) is 0 Å². The van der Waals surface area contributed by atoms with Gasteiger partial charge in [-0.05, 0) is 38.0 Å². The van der Waals surface area contributed by atoms with Crippen LogP contribution in [0.4, 0.5) is 0 Å². The highest BCUT2D eigenvalue weighted by molar-refractivity contribution is 5.79. The number of aromatic nitrogens is 1. The highest BCUT2D eigenvalue weighted by Crippen LogP contribution is 2.19. The van der Waals surface area contributed by atoms with Crippen LogP contribution in [-0.2, 0) is 6.42 Å². The van der Waals surface area contributed by atoms with E-state index in [1.165, 1.54) is 5.56 Å². The van der Waals surface area contributed by atoms with E-state index in [-0.39, 0.29) is 6.04 Å². The van der Waals surface area contributed by atoms with Gasteiger partial charge in [0.1, 0.15) is 0 Å². The third kappa shape index (κ3) is 1.63. The van der Waals surface area contributed by atoms with Gasteiger partial charge in [-0.1, -0.05) is 11.2 Å². The Bertz CT molecular complexity index is 445. The van der Waals surface area contributed by atoms with Crippen LogP contribution in [0.5, 0.6) is 0 Å². The lowest BCUT2D eigenvalue weighted by molar-refractivity contribution is 0.450. The standard InChI is InChI=1S/C11H14N2O/c1-7(12)5-9-3-4-11-10(6-9)8(2)13-14-11/h3-4,6-7H,5,12H2,1-2H3. The number of nitrogens with two attached hydrogens (primary N) is 1. The largest absolute Gasteiger partial charge is 0.356 e. The molecule has 0 aliphatic carbocycles. The molecule has 0 radical (unpaired) electrons. The average molecular weight is 190 g/mol. The number of benzene rings is 1. The second-order valence-electron chi connectivity index (χ2n) is 3.78. The lowest BCUT2D eigenvalue weighted by Crippen LogP contribution is -2.17. The Hall–Kier alpha value is -1.35. The molecule has 74 valence electrons. The predicted octanol–water partition coefficient (Wildman–Crippen LogP) is 2.03. The van der Waals surface area contributed by atoms with Gasteiger partial charge in [-0.15, -0.1) is 0 Å². The third-order valence-electron chi connectivity index (χ3n) is 2.27. The fourth-order valence-electron chi connectivity index (χ4n) is 1.61. The number of hydrogen-bond acceptors (Lipinski definition) is 3. The molecule has 14 heavy (non-hydrogen) atoms. The molecular formula is C11H14N2O. The van der Waals surface area contributed by atoms with Gasteiger partial charge in [0.25, 0.3) is 0 Å². The minimum atomic E-state index is 0.188. The summed E-state index contributed by atoms with van der Waals surface area (Å²) in [4.78, 5) is 0. The number of aryl methyl sites for hydroxylation is 1. The number of rotatable bonds is 2. The zero-order valence-electron chi connectivity index (χ0n) is 8.45. The van der Waals surface area contributed by atoms with Crippen LogP contribution >= 0.6 is 0 Å². The van der Waals surface area contributed by atoms with Gasteiger partial charge in [-0.25, -0.2) is 0 Å². The average Bonchev–Trinajstić information content (AvgIpc) is 2.47. The zero-order valence-corrected chi connectivity index (χ0v) is 8.45. The first-order valence-corrected chi connectivity index (χ1v) is 4.77. The Morgan fingerprint density at radius 3 is 3.00 bits per heavy atom. The Balaban J connectivity index is 2.44. The lowest BCUT2D eigenvalue weighted by Gasteiger charge is -2.04. The molecule has 0 amide bonds. The summed E-state index contributed by atoms with van der Waals surface area (Å²) in [7, 11) is 0. The van der Waals surface area contributed by atoms with E-state index in [9.17, 15) is 0 Å². The van der Waals surface area contributed by atoms with E-state index in [4.69, 9.17) is 10.3 Å². The topological polar surface area (TPSA) is 52.0 Å². The Kier molecular flexibility index (Phi) is 2.25. The molecule has 1 unspecified atom stereocenters. The quantitative estimate of drug-likeness (QED) is 0.788. The molecule has 1 atom stereocenters. The minimum Gasteiger partial charge on any atom is -0.356 e. The van der Waals surface area contributed by atoms with Gasteiger partial charge in [0.05, 0.1) is 5.69 Å². The SMILES string of the molecule is Cc1noc2ccc(CC(C)N)cc12. The van der Waals surface area contributed by atoms with Gasteiger partial charge < -0.3 is 10.3 Å². The molecule has 0 aliphatic heterocycles. The van der Waals surface area contributed by atoms with Gasteiger partial charge in [0.2, 0.25) is 0 Å². The summed E-state index contributed by atoms with van der Waals surface area (Å²) in [5.74, 6) is 0. The first-order valence-electron chi connectivity index (χ1n) is 4.77. The second-order valence-corrected chi connectivity index (χ2v) is 3.78. The number of hydrogen-bond donors (Lipinski definition) is 1. The summed E-state index contributed by atoms with van der Waals surface area (Å²) >= 11 is 0. The van der Waals surface area contributed by atoms with Gasteiger partial charge in [-0.3, -0.25) is 0 Å². The summed E-state index contributed by atoms with van der Waals surface area (Å²) in [6.07, 6.45) is 0.889. The van der Waals surface area contributed by atoms with Crippen LogP contribution in [0.3, 0.4) is 0 Å². The first-order chi connectivity index (χ1) is 6.66. The van der Waals surface area contributed by atoms with Crippen LogP contribution in [0.15, 0.2) is 22.7 Å². The fraction of sp³-hybridized carbons (Fsp3) is 0.364. The third-order valence-corrected chi connectivity index (χ3v) is 2.27. The van der Waals surface area contributed by atoms with Crippen LogP contribution in [0, 0.1) is 6.92 Å². The molecule has 1 aromatic carbocycles. The maximum atomic E-state index is 5.74. The van der Waals surface area contributed by atoms with Crippen molar-refractivity contribution in [2.75, 3.05) is 0 Å². The van der Waals surface area contributed by atoms with Crippen LogP contribution in [-0.4, -0.2) is 11.2 Å². The van der Waals surface area contributed by atoms with E-state index in [1.807, 2.05) is 26.0 Å². The molecule has 0 spiro atoms. The molecule has 2 N–H and O–H groups in total. The molecule has 0 saturated carbocycles. The number of fused-ring (bicyclic) bond motifs is 1. The van der Waals surface area contributed by atoms with Gasteiger partial charge in [0.15, 0.2) is 5.58 Å². The van der Waals surface area contributed by atoms with Crippen molar-refractivity contribution in [1.29, 1.82) is 0 Å². The normalized spacial score (nSPS) is 13.4. The van der Waals surface area contributed by atoms with Gasteiger partial charge in [0, 0.05) is 11.4 Å². The van der Waals surface area contributed by atoms with Crippen LogP contribution in [0.1, 0.15) is 18.2 Å². The maximum absolute atomic E-state index is 5.74. The Morgan fingerprint density at radius 2 is 2.29 bits per heavy atom. The van der Waals surface area contributed by atoms with Crippen molar-refractivity contribution >= 4 is 11.0 Å². The monoisotopic (exact) mass is 190 g/mol. The van der Waals surface area contributed by atoms with Crippen molar-refractivity contribution in [2.45, 2.75) is 26.3 Å². The molecule has 3 nitrogen and oxygen atoms in total. The van der Waals surface area contributed by atoms with Gasteiger partial charge in [-0.2, -0.15) is 0 Å². The van der Waals surface area contributed by atoms with Crippen molar-refractivity contribution in [1.82, 2.24) is 5.16 Å². The Morgan fingerprint density at radius 1 is 1.50 bits per heavy atom. The molecule has 1 heterocycles. The molecule has 0 bridgehead atoms. The molecule has 3 heteroatoms. The lowest BCUT2D eigenvalue weighted by atomic mass is 10.1. The zero-order chi connectivity index (χ0) is 10.1. The smallest absolute Gasteiger partial charge is 0.167 e. The van der Waals surface area contributed by atoms with E-state index in [2.05, 4.69) is 11.2 Å². The van der Waals surface area contributed by atoms with Crippen molar-refractivity contribution in [3.05, 3.63) is 29.5 Å². The van der Waals surface area contributed by atoms with Crippen LogP contribution in [0.2, 0.25) is 0 Å². The number of nitrogens with zero attached hydrogens (tertiary/aromatic N) is 1. The van der Waals surface area contributed by atoms with E-state index in [1.54, 1.807) is 0 Å².